The number of aliphatic imine (C=N–C) groups is 1. The second kappa shape index (κ2) is 3.05. The lowest BCUT2D eigenvalue weighted by Gasteiger charge is -2.05. The number of isocyanates is 1. The molecule has 0 aliphatic heterocycles. The van der Waals surface area contributed by atoms with Gasteiger partial charge in [-0.15, -0.1) is 0 Å². The van der Waals surface area contributed by atoms with Crippen molar-refractivity contribution in [2.75, 3.05) is 0 Å². The average Bonchev–Trinajstić information content (AvgIpc) is 2.86. The van der Waals surface area contributed by atoms with Gasteiger partial charge in [0.05, 0.1) is 5.69 Å². The van der Waals surface area contributed by atoms with Gasteiger partial charge in [-0.3, -0.25) is 0 Å². The molecule has 1 aliphatic rings. The molecule has 4 heteroatoms. The first kappa shape index (κ1) is 8.60. The van der Waals surface area contributed by atoms with E-state index in [4.69, 9.17) is 0 Å². The van der Waals surface area contributed by atoms with Crippen molar-refractivity contribution >= 4 is 22.0 Å². The topological polar surface area (TPSA) is 42.3 Å². The number of aromatic nitrogens is 1. The molecule has 0 atom stereocenters. The molecule has 0 amide bonds. The van der Waals surface area contributed by atoms with Crippen molar-refractivity contribution in [2.24, 2.45) is 4.99 Å². The maximum absolute atomic E-state index is 10.2. The molecule has 0 radical (unpaired) electrons. The van der Waals surface area contributed by atoms with Crippen LogP contribution in [0, 0.1) is 0 Å². The summed E-state index contributed by atoms with van der Waals surface area (Å²) in [7, 11) is 0. The predicted octanol–water partition coefficient (Wildman–Crippen LogP) is 2.17. The molecule has 1 aliphatic carbocycles. The summed E-state index contributed by atoms with van der Waals surface area (Å²) in [6.45, 7) is 0. The van der Waals surface area contributed by atoms with Crippen LogP contribution in [0.15, 0.2) is 27.8 Å². The fourth-order valence-electron chi connectivity index (χ4n) is 1.30. The molecule has 0 bridgehead atoms. The van der Waals surface area contributed by atoms with Crippen molar-refractivity contribution in [3.8, 4) is 0 Å². The van der Waals surface area contributed by atoms with Crippen molar-refractivity contribution in [1.29, 1.82) is 0 Å². The molecular weight excluding hydrogens is 232 g/mol. The molecule has 0 saturated heterocycles. The van der Waals surface area contributed by atoms with Gasteiger partial charge < -0.3 is 0 Å². The van der Waals surface area contributed by atoms with E-state index in [0.717, 1.165) is 23.1 Å². The van der Waals surface area contributed by atoms with Gasteiger partial charge in [-0.2, -0.15) is 4.99 Å². The Labute approximate surface area is 84.0 Å². The first-order valence-electron chi connectivity index (χ1n) is 3.99. The zero-order valence-corrected chi connectivity index (χ0v) is 8.41. The lowest BCUT2D eigenvalue weighted by atomic mass is 10.2. The zero-order valence-electron chi connectivity index (χ0n) is 6.83. The molecule has 1 heterocycles. The summed E-state index contributed by atoms with van der Waals surface area (Å²) in [5, 5.41) is 0. The van der Waals surface area contributed by atoms with Crippen molar-refractivity contribution in [1.82, 2.24) is 4.98 Å². The Bertz CT molecular complexity index is 381. The highest BCUT2D eigenvalue weighted by Crippen LogP contribution is 2.48. The molecule has 2 rings (SSSR count). The number of pyridine rings is 1. The summed E-state index contributed by atoms with van der Waals surface area (Å²) >= 11 is 3.28. The van der Waals surface area contributed by atoms with Crippen LogP contribution < -0.4 is 0 Å². The summed E-state index contributed by atoms with van der Waals surface area (Å²) < 4.78 is 0.775. The zero-order chi connectivity index (χ0) is 9.31. The van der Waals surface area contributed by atoms with Crippen LogP contribution in [0.5, 0.6) is 0 Å². The smallest absolute Gasteiger partial charge is 0.235 e. The molecule has 0 aromatic carbocycles. The van der Waals surface area contributed by atoms with Gasteiger partial charge in [0.1, 0.15) is 10.1 Å². The Morgan fingerprint density at radius 2 is 2.31 bits per heavy atom. The Balaban J connectivity index is 2.40. The van der Waals surface area contributed by atoms with E-state index in [0.29, 0.717) is 0 Å². The van der Waals surface area contributed by atoms with Crippen LogP contribution in [0.25, 0.3) is 0 Å². The number of rotatable bonds is 2. The quantitative estimate of drug-likeness (QED) is 0.451. The summed E-state index contributed by atoms with van der Waals surface area (Å²) in [6.07, 6.45) is 3.40. The number of nitrogens with zero attached hydrogens (tertiary/aromatic N) is 2. The maximum atomic E-state index is 10.2. The van der Waals surface area contributed by atoms with Gasteiger partial charge in [-0.05, 0) is 40.9 Å². The van der Waals surface area contributed by atoms with Gasteiger partial charge in [0.2, 0.25) is 6.08 Å². The molecule has 0 N–H and O–H groups in total. The molecule has 1 saturated carbocycles. The van der Waals surface area contributed by atoms with E-state index in [1.807, 2.05) is 18.2 Å². The highest BCUT2D eigenvalue weighted by atomic mass is 79.9. The van der Waals surface area contributed by atoms with Crippen LogP contribution in [-0.4, -0.2) is 11.1 Å². The minimum atomic E-state index is -0.356. The van der Waals surface area contributed by atoms with Crippen LogP contribution in [0.4, 0.5) is 0 Å². The van der Waals surface area contributed by atoms with Crippen molar-refractivity contribution < 1.29 is 4.79 Å². The Morgan fingerprint density at radius 1 is 1.54 bits per heavy atom. The van der Waals surface area contributed by atoms with Crippen LogP contribution in [0.2, 0.25) is 0 Å². The first-order chi connectivity index (χ1) is 6.27. The van der Waals surface area contributed by atoms with Crippen LogP contribution in [0.3, 0.4) is 0 Å². The van der Waals surface area contributed by atoms with Crippen molar-refractivity contribution in [3.63, 3.8) is 0 Å². The molecule has 0 spiro atoms. The third kappa shape index (κ3) is 1.55. The summed E-state index contributed by atoms with van der Waals surface area (Å²) in [4.78, 5) is 18.2. The molecule has 13 heavy (non-hydrogen) atoms. The molecule has 1 fully saturated rings. The van der Waals surface area contributed by atoms with Crippen molar-refractivity contribution in [2.45, 2.75) is 18.4 Å². The Hall–Kier alpha value is -0.990. The lowest BCUT2D eigenvalue weighted by Crippen LogP contribution is -2.04. The fraction of sp³-hybridized carbons (Fsp3) is 0.333. The Morgan fingerprint density at radius 3 is 2.85 bits per heavy atom. The highest BCUT2D eigenvalue weighted by Gasteiger charge is 2.46. The van der Waals surface area contributed by atoms with E-state index in [1.54, 1.807) is 6.08 Å². The van der Waals surface area contributed by atoms with E-state index in [1.165, 1.54) is 0 Å². The predicted molar refractivity (Wildman–Crippen MR) is 51.0 cm³/mol. The highest BCUT2D eigenvalue weighted by molar-refractivity contribution is 9.10. The number of halogens is 1. The lowest BCUT2D eigenvalue weighted by molar-refractivity contribution is 0.555. The SMILES string of the molecule is O=C=NC1(c2cccc(Br)n2)CC1. The van der Waals surface area contributed by atoms with Gasteiger partial charge >= 0.3 is 0 Å². The normalized spacial score (nSPS) is 17.6. The summed E-state index contributed by atoms with van der Waals surface area (Å²) in [5.41, 5.74) is 0.496. The second-order valence-electron chi connectivity index (χ2n) is 3.08. The van der Waals surface area contributed by atoms with E-state index < -0.39 is 0 Å². The van der Waals surface area contributed by atoms with E-state index >= 15 is 0 Å². The van der Waals surface area contributed by atoms with E-state index in [9.17, 15) is 4.79 Å². The monoisotopic (exact) mass is 238 g/mol. The number of carbonyl (C=O) groups excluding carboxylic acids is 1. The molecule has 1 aromatic heterocycles. The minimum absolute atomic E-state index is 0.356. The third-order valence-corrected chi connectivity index (χ3v) is 2.62. The van der Waals surface area contributed by atoms with Gasteiger partial charge in [0, 0.05) is 0 Å². The largest absolute Gasteiger partial charge is 0.243 e. The first-order valence-corrected chi connectivity index (χ1v) is 4.78. The van der Waals surface area contributed by atoms with Gasteiger partial charge in [-0.1, -0.05) is 6.07 Å². The standard InChI is InChI=1S/C9H7BrN2O/c10-8-3-1-2-7(12-8)9(4-5-9)11-6-13/h1-3H,4-5H2. The van der Waals surface area contributed by atoms with Crippen LogP contribution in [-0.2, 0) is 10.3 Å². The maximum Gasteiger partial charge on any atom is 0.235 e. The molecular formula is C9H7BrN2O. The van der Waals surface area contributed by atoms with Crippen molar-refractivity contribution in [3.05, 3.63) is 28.5 Å². The van der Waals surface area contributed by atoms with Gasteiger partial charge in [-0.25, -0.2) is 9.78 Å². The minimum Gasteiger partial charge on any atom is -0.243 e. The summed E-state index contributed by atoms with van der Waals surface area (Å²) in [6, 6.07) is 5.63. The van der Waals surface area contributed by atoms with Gasteiger partial charge in [0.25, 0.3) is 0 Å². The third-order valence-electron chi connectivity index (χ3n) is 2.18. The molecule has 66 valence electrons. The number of hydrogen-bond donors (Lipinski definition) is 0. The van der Waals surface area contributed by atoms with E-state index in [2.05, 4.69) is 25.9 Å². The van der Waals surface area contributed by atoms with Gasteiger partial charge in [0.15, 0.2) is 0 Å². The van der Waals surface area contributed by atoms with Crippen LogP contribution >= 0.6 is 15.9 Å². The van der Waals surface area contributed by atoms with Crippen LogP contribution in [0.1, 0.15) is 18.5 Å². The second-order valence-corrected chi connectivity index (χ2v) is 3.89. The molecule has 1 aromatic rings. The fourth-order valence-corrected chi connectivity index (χ4v) is 1.64. The van der Waals surface area contributed by atoms with E-state index in [-0.39, 0.29) is 5.54 Å². The Kier molecular flexibility index (Phi) is 2.02. The average molecular weight is 239 g/mol. The molecule has 3 nitrogen and oxygen atoms in total. The summed E-state index contributed by atoms with van der Waals surface area (Å²) in [5.74, 6) is 0. The number of hydrogen-bond acceptors (Lipinski definition) is 3. The molecule has 0 unspecified atom stereocenters.